The zero-order valence-corrected chi connectivity index (χ0v) is 11.6. The molecule has 0 spiro atoms. The second kappa shape index (κ2) is 5.19. The largest absolute Gasteiger partial charge is 0.280 e. The van der Waals surface area contributed by atoms with Crippen LogP contribution in [0.15, 0.2) is 47.4 Å². The van der Waals surface area contributed by atoms with E-state index in [1.165, 1.54) is 0 Å². The van der Waals surface area contributed by atoms with E-state index in [1.54, 1.807) is 24.3 Å². The van der Waals surface area contributed by atoms with Crippen LogP contribution >= 0.6 is 11.6 Å². The molecule has 1 N–H and O–H groups in total. The van der Waals surface area contributed by atoms with Crippen molar-refractivity contribution in [3.8, 4) is 0 Å². The molecule has 0 saturated carbocycles. The second-order valence-corrected chi connectivity index (χ2v) is 6.14. The summed E-state index contributed by atoms with van der Waals surface area (Å²) in [5.74, 6) is -0.657. The highest BCUT2D eigenvalue weighted by molar-refractivity contribution is 7.92. The van der Waals surface area contributed by atoms with Gasteiger partial charge in [0, 0.05) is 5.69 Å². The first-order valence-electron chi connectivity index (χ1n) is 5.43. The van der Waals surface area contributed by atoms with E-state index in [0.29, 0.717) is 5.69 Å². The molecule has 0 amide bonds. The summed E-state index contributed by atoms with van der Waals surface area (Å²) in [4.78, 5) is -0.0838. The molecule has 0 radical (unpaired) electrons. The van der Waals surface area contributed by atoms with E-state index in [1.807, 2.05) is 6.92 Å². The molecular formula is C13H11ClFNO2S. The van der Waals surface area contributed by atoms with E-state index < -0.39 is 15.8 Å². The lowest BCUT2D eigenvalue weighted by Crippen LogP contribution is -2.13. The summed E-state index contributed by atoms with van der Waals surface area (Å²) in [7, 11) is -3.77. The number of benzene rings is 2. The molecule has 0 aromatic heterocycles. The van der Waals surface area contributed by atoms with Crippen LogP contribution < -0.4 is 4.72 Å². The number of sulfonamides is 1. The van der Waals surface area contributed by atoms with Gasteiger partial charge in [-0.15, -0.1) is 0 Å². The summed E-state index contributed by atoms with van der Waals surface area (Å²) in [5.41, 5.74) is 1.46. The minimum Gasteiger partial charge on any atom is -0.280 e. The third-order valence-corrected chi connectivity index (χ3v) is 4.17. The molecule has 2 rings (SSSR count). The molecule has 0 aliphatic carbocycles. The Kier molecular flexibility index (Phi) is 3.78. The van der Waals surface area contributed by atoms with E-state index in [4.69, 9.17) is 11.6 Å². The van der Waals surface area contributed by atoms with Crippen molar-refractivity contribution < 1.29 is 12.8 Å². The maximum Gasteiger partial charge on any atom is 0.261 e. The van der Waals surface area contributed by atoms with Gasteiger partial charge >= 0.3 is 0 Å². The zero-order chi connectivity index (χ0) is 14.0. The Balaban J connectivity index is 2.32. The van der Waals surface area contributed by atoms with E-state index in [2.05, 4.69) is 4.72 Å². The van der Waals surface area contributed by atoms with E-state index >= 15 is 0 Å². The molecule has 0 saturated heterocycles. The number of nitrogens with one attached hydrogen (secondary N) is 1. The van der Waals surface area contributed by atoms with Crippen LogP contribution in [0.3, 0.4) is 0 Å². The van der Waals surface area contributed by atoms with Gasteiger partial charge in [-0.1, -0.05) is 29.3 Å². The monoisotopic (exact) mass is 299 g/mol. The van der Waals surface area contributed by atoms with Gasteiger partial charge in [-0.2, -0.15) is 0 Å². The van der Waals surface area contributed by atoms with Crippen LogP contribution in [0.25, 0.3) is 0 Å². The topological polar surface area (TPSA) is 46.2 Å². The fraction of sp³-hybridized carbons (Fsp3) is 0.0769. The fourth-order valence-corrected chi connectivity index (χ4v) is 2.81. The molecule has 0 aliphatic rings. The van der Waals surface area contributed by atoms with Crippen LogP contribution in [-0.4, -0.2) is 8.42 Å². The van der Waals surface area contributed by atoms with Gasteiger partial charge in [0.05, 0.1) is 9.92 Å². The highest BCUT2D eigenvalue weighted by atomic mass is 35.5. The number of aryl methyl sites for hydroxylation is 1. The molecule has 100 valence electrons. The first kappa shape index (κ1) is 13.8. The maximum atomic E-state index is 13.0. The number of hydrogen-bond acceptors (Lipinski definition) is 2. The Morgan fingerprint density at radius 2 is 1.74 bits per heavy atom. The normalized spacial score (nSPS) is 11.3. The summed E-state index contributed by atoms with van der Waals surface area (Å²) >= 11 is 5.58. The Morgan fingerprint density at radius 1 is 1.11 bits per heavy atom. The van der Waals surface area contributed by atoms with Crippen molar-refractivity contribution in [1.29, 1.82) is 0 Å². The van der Waals surface area contributed by atoms with Crippen molar-refractivity contribution in [3.05, 3.63) is 58.9 Å². The highest BCUT2D eigenvalue weighted by Crippen LogP contribution is 2.21. The van der Waals surface area contributed by atoms with Gasteiger partial charge in [-0.25, -0.2) is 12.8 Å². The zero-order valence-electron chi connectivity index (χ0n) is 10.0. The summed E-state index contributed by atoms with van der Waals surface area (Å²) < 4.78 is 39.5. The molecule has 0 unspecified atom stereocenters. The van der Waals surface area contributed by atoms with Gasteiger partial charge in [0.2, 0.25) is 0 Å². The summed E-state index contributed by atoms with van der Waals surface area (Å²) in [6.45, 7) is 1.90. The number of rotatable bonds is 3. The lowest BCUT2D eigenvalue weighted by atomic mass is 10.2. The third kappa shape index (κ3) is 3.24. The molecule has 2 aromatic rings. The lowest BCUT2D eigenvalue weighted by molar-refractivity contribution is 0.599. The fourth-order valence-electron chi connectivity index (χ4n) is 1.48. The first-order chi connectivity index (χ1) is 8.88. The highest BCUT2D eigenvalue weighted by Gasteiger charge is 2.15. The number of anilines is 1. The average Bonchev–Trinajstić information content (AvgIpc) is 2.35. The lowest BCUT2D eigenvalue weighted by Gasteiger charge is -2.08. The van der Waals surface area contributed by atoms with Gasteiger partial charge in [0.15, 0.2) is 0 Å². The van der Waals surface area contributed by atoms with Crippen molar-refractivity contribution in [2.24, 2.45) is 0 Å². The van der Waals surface area contributed by atoms with Crippen LogP contribution in [0.4, 0.5) is 10.1 Å². The first-order valence-corrected chi connectivity index (χ1v) is 7.29. The molecule has 0 fully saturated rings. The quantitative estimate of drug-likeness (QED) is 0.941. The van der Waals surface area contributed by atoms with Crippen LogP contribution in [-0.2, 0) is 10.0 Å². The summed E-state index contributed by atoms with van der Waals surface area (Å²) in [6.07, 6.45) is 0. The predicted octanol–water partition coefficient (Wildman–Crippen LogP) is 3.59. The van der Waals surface area contributed by atoms with Crippen LogP contribution in [0.5, 0.6) is 0 Å². The summed E-state index contributed by atoms with van der Waals surface area (Å²) in [6, 6.07) is 10.1. The van der Waals surface area contributed by atoms with Crippen molar-refractivity contribution in [2.75, 3.05) is 4.72 Å². The molecule has 3 nitrogen and oxygen atoms in total. The molecular weight excluding hydrogens is 289 g/mol. The molecule has 0 bridgehead atoms. The van der Waals surface area contributed by atoms with Crippen LogP contribution in [0.2, 0.25) is 5.02 Å². The Morgan fingerprint density at radius 3 is 2.32 bits per heavy atom. The SMILES string of the molecule is Cc1ccc(NS(=O)(=O)c2ccc(F)c(Cl)c2)cc1. The van der Waals surface area contributed by atoms with Crippen LogP contribution in [0.1, 0.15) is 5.56 Å². The van der Waals surface area contributed by atoms with Crippen molar-refractivity contribution >= 4 is 27.3 Å². The van der Waals surface area contributed by atoms with Crippen molar-refractivity contribution in [3.63, 3.8) is 0 Å². The Hall–Kier alpha value is -1.59. The minimum atomic E-state index is -3.77. The Labute approximate surface area is 116 Å². The third-order valence-electron chi connectivity index (χ3n) is 2.51. The molecule has 0 heterocycles. The second-order valence-electron chi connectivity index (χ2n) is 4.05. The standard InChI is InChI=1S/C13H11ClFNO2S/c1-9-2-4-10(5-3-9)16-19(17,18)11-6-7-13(15)12(14)8-11/h2-8,16H,1H3. The van der Waals surface area contributed by atoms with Gasteiger partial charge in [-0.05, 0) is 37.3 Å². The van der Waals surface area contributed by atoms with Gasteiger partial charge in [0.1, 0.15) is 5.82 Å². The predicted molar refractivity (Wildman–Crippen MR) is 73.4 cm³/mol. The molecule has 6 heteroatoms. The Bertz CT molecular complexity index is 699. The number of halogens is 2. The maximum absolute atomic E-state index is 13.0. The van der Waals surface area contributed by atoms with Crippen molar-refractivity contribution in [2.45, 2.75) is 11.8 Å². The van der Waals surface area contributed by atoms with Gasteiger partial charge < -0.3 is 0 Å². The van der Waals surface area contributed by atoms with Gasteiger partial charge in [0.25, 0.3) is 10.0 Å². The molecule has 0 aliphatic heterocycles. The van der Waals surface area contributed by atoms with Crippen LogP contribution in [0, 0.1) is 12.7 Å². The summed E-state index contributed by atoms with van der Waals surface area (Å²) in [5, 5.41) is -0.230. The smallest absolute Gasteiger partial charge is 0.261 e. The molecule has 2 aromatic carbocycles. The van der Waals surface area contributed by atoms with Gasteiger partial charge in [-0.3, -0.25) is 4.72 Å². The van der Waals surface area contributed by atoms with Crippen molar-refractivity contribution in [1.82, 2.24) is 0 Å². The molecule has 19 heavy (non-hydrogen) atoms. The average molecular weight is 300 g/mol. The van der Waals surface area contributed by atoms with E-state index in [0.717, 1.165) is 23.8 Å². The minimum absolute atomic E-state index is 0.0838. The van der Waals surface area contributed by atoms with E-state index in [-0.39, 0.29) is 9.92 Å². The van der Waals surface area contributed by atoms with E-state index in [9.17, 15) is 12.8 Å². The number of hydrogen-bond donors (Lipinski definition) is 1. The molecule has 0 atom stereocenters.